The fourth-order valence-electron chi connectivity index (χ4n) is 3.31. The van der Waals surface area contributed by atoms with Crippen molar-refractivity contribution in [2.75, 3.05) is 0 Å². The van der Waals surface area contributed by atoms with Crippen LogP contribution in [0.3, 0.4) is 0 Å². The number of alkyl halides is 3. The molecule has 0 amide bonds. The summed E-state index contributed by atoms with van der Waals surface area (Å²) >= 11 is 0. The van der Waals surface area contributed by atoms with Crippen LogP contribution < -0.4 is 9.84 Å². The van der Waals surface area contributed by atoms with Gasteiger partial charge in [-0.2, -0.15) is 13.2 Å². The molecule has 24 heavy (non-hydrogen) atoms. The minimum atomic E-state index is -4.62. The van der Waals surface area contributed by atoms with Crippen molar-refractivity contribution in [3.05, 3.63) is 29.3 Å². The molecule has 0 bridgehead atoms. The van der Waals surface area contributed by atoms with Crippen LogP contribution in [0.1, 0.15) is 68.8 Å². The van der Waals surface area contributed by atoms with Crippen LogP contribution in [0.5, 0.6) is 5.75 Å². The third-order valence-electron chi connectivity index (χ3n) is 4.86. The van der Waals surface area contributed by atoms with Gasteiger partial charge in [-0.3, -0.25) is 0 Å². The lowest BCUT2D eigenvalue weighted by molar-refractivity contribution is -0.255. The standard InChI is InChI=1S/C18H23F3O3/c1-16(2,3)17(9-5-4-6-10-17)24-14-11-12(15(22)23)7-8-13(14)18(19,20)21/h7-8,11H,4-6,9-10H2,1-3H3,(H,22,23)/p-1. The van der Waals surface area contributed by atoms with Gasteiger partial charge in [0.05, 0.1) is 11.5 Å². The third kappa shape index (κ3) is 3.68. The molecule has 0 aromatic heterocycles. The number of hydrogen-bond donors (Lipinski definition) is 0. The molecule has 1 aromatic rings. The smallest absolute Gasteiger partial charge is 0.419 e. The zero-order chi connectivity index (χ0) is 18.2. The summed E-state index contributed by atoms with van der Waals surface area (Å²) in [7, 11) is 0. The number of carboxylic acids is 1. The number of benzene rings is 1. The van der Waals surface area contributed by atoms with Crippen LogP contribution in [0.15, 0.2) is 18.2 Å². The Balaban J connectivity index is 2.52. The topological polar surface area (TPSA) is 49.4 Å². The number of ether oxygens (including phenoxy) is 1. The van der Waals surface area contributed by atoms with Crippen LogP contribution in [0.4, 0.5) is 13.2 Å². The number of rotatable bonds is 3. The Morgan fingerprint density at radius 2 is 1.71 bits per heavy atom. The monoisotopic (exact) mass is 343 g/mol. The fourth-order valence-corrected chi connectivity index (χ4v) is 3.31. The van der Waals surface area contributed by atoms with Crippen molar-refractivity contribution >= 4 is 5.97 Å². The number of carbonyl (C=O) groups is 1. The summed E-state index contributed by atoms with van der Waals surface area (Å²) in [4.78, 5) is 11.0. The molecular formula is C18H22F3O3-. The van der Waals surface area contributed by atoms with Crippen molar-refractivity contribution in [2.24, 2.45) is 5.41 Å². The summed E-state index contributed by atoms with van der Waals surface area (Å²) in [6.45, 7) is 5.82. The molecule has 6 heteroatoms. The summed E-state index contributed by atoms with van der Waals surface area (Å²) in [5, 5.41) is 11.0. The largest absolute Gasteiger partial charge is 0.545 e. The first-order chi connectivity index (χ1) is 11.0. The molecular weight excluding hydrogens is 321 g/mol. The van der Waals surface area contributed by atoms with Gasteiger partial charge in [0.15, 0.2) is 0 Å². The normalized spacial score (nSPS) is 18.2. The van der Waals surface area contributed by atoms with Crippen molar-refractivity contribution in [1.29, 1.82) is 0 Å². The van der Waals surface area contributed by atoms with Gasteiger partial charge >= 0.3 is 6.18 Å². The first-order valence-electron chi connectivity index (χ1n) is 8.08. The van der Waals surface area contributed by atoms with Gasteiger partial charge in [-0.25, -0.2) is 0 Å². The predicted molar refractivity (Wildman–Crippen MR) is 81.7 cm³/mol. The maximum atomic E-state index is 13.3. The van der Waals surface area contributed by atoms with E-state index in [-0.39, 0.29) is 11.0 Å². The van der Waals surface area contributed by atoms with Crippen LogP contribution in [-0.4, -0.2) is 11.6 Å². The van der Waals surface area contributed by atoms with Gasteiger partial charge in [-0.1, -0.05) is 33.3 Å². The lowest BCUT2D eigenvalue weighted by Gasteiger charge is -2.47. The molecule has 0 spiro atoms. The van der Waals surface area contributed by atoms with Crippen molar-refractivity contribution in [3.63, 3.8) is 0 Å². The van der Waals surface area contributed by atoms with Crippen LogP contribution in [0.2, 0.25) is 0 Å². The summed E-state index contributed by atoms with van der Waals surface area (Å²) in [5.41, 5.74) is -2.41. The lowest BCUT2D eigenvalue weighted by Crippen LogP contribution is -2.50. The van der Waals surface area contributed by atoms with E-state index in [1.807, 2.05) is 20.8 Å². The minimum Gasteiger partial charge on any atom is -0.545 e. The molecule has 2 rings (SSSR count). The molecule has 134 valence electrons. The highest BCUT2D eigenvalue weighted by molar-refractivity contribution is 5.86. The second-order valence-corrected chi connectivity index (χ2v) is 7.40. The molecule has 0 N–H and O–H groups in total. The zero-order valence-corrected chi connectivity index (χ0v) is 14.1. The Morgan fingerprint density at radius 3 is 2.17 bits per heavy atom. The highest BCUT2D eigenvalue weighted by Crippen LogP contribution is 2.47. The van der Waals surface area contributed by atoms with Crippen LogP contribution in [-0.2, 0) is 6.18 Å². The maximum absolute atomic E-state index is 13.3. The minimum absolute atomic E-state index is 0.321. The van der Waals surface area contributed by atoms with Crippen LogP contribution in [0, 0.1) is 5.41 Å². The molecule has 0 heterocycles. The predicted octanol–water partition coefficient (Wildman–Crippen LogP) is 4.20. The molecule has 1 fully saturated rings. The van der Waals surface area contributed by atoms with E-state index < -0.39 is 29.1 Å². The molecule has 1 aromatic carbocycles. The van der Waals surface area contributed by atoms with E-state index >= 15 is 0 Å². The second kappa shape index (κ2) is 6.30. The van der Waals surface area contributed by atoms with E-state index in [0.29, 0.717) is 12.8 Å². The van der Waals surface area contributed by atoms with Gasteiger partial charge in [0.1, 0.15) is 11.4 Å². The first kappa shape index (κ1) is 18.6. The Bertz CT molecular complexity index is 609. The van der Waals surface area contributed by atoms with E-state index in [2.05, 4.69) is 0 Å². The molecule has 0 aliphatic heterocycles. The summed E-state index contributed by atoms with van der Waals surface area (Å²) in [6, 6.07) is 2.58. The summed E-state index contributed by atoms with van der Waals surface area (Å²) in [6.07, 6.45) is -0.565. The van der Waals surface area contributed by atoms with E-state index in [4.69, 9.17) is 4.74 Å². The molecule has 0 radical (unpaired) electrons. The Morgan fingerprint density at radius 1 is 1.12 bits per heavy atom. The van der Waals surface area contributed by atoms with Crippen molar-refractivity contribution < 1.29 is 27.8 Å². The number of hydrogen-bond acceptors (Lipinski definition) is 3. The van der Waals surface area contributed by atoms with Gasteiger partial charge in [0, 0.05) is 11.0 Å². The van der Waals surface area contributed by atoms with E-state index in [9.17, 15) is 23.1 Å². The zero-order valence-electron chi connectivity index (χ0n) is 14.1. The quantitative estimate of drug-likeness (QED) is 0.826. The van der Waals surface area contributed by atoms with E-state index in [0.717, 1.165) is 37.5 Å². The third-order valence-corrected chi connectivity index (χ3v) is 4.86. The molecule has 3 nitrogen and oxygen atoms in total. The maximum Gasteiger partial charge on any atom is 0.419 e. The Hall–Kier alpha value is -1.72. The molecule has 0 saturated heterocycles. The molecule has 0 unspecified atom stereocenters. The van der Waals surface area contributed by atoms with Crippen molar-refractivity contribution in [1.82, 2.24) is 0 Å². The molecule has 1 aliphatic rings. The number of halogens is 3. The molecule has 1 saturated carbocycles. The van der Waals surface area contributed by atoms with E-state index in [1.165, 1.54) is 0 Å². The first-order valence-corrected chi connectivity index (χ1v) is 8.08. The van der Waals surface area contributed by atoms with Gasteiger partial charge in [0.25, 0.3) is 0 Å². The van der Waals surface area contributed by atoms with E-state index in [1.54, 1.807) is 0 Å². The molecule has 1 aliphatic carbocycles. The van der Waals surface area contributed by atoms with Crippen molar-refractivity contribution in [3.8, 4) is 5.75 Å². The van der Waals surface area contributed by atoms with Gasteiger partial charge in [-0.05, 0) is 37.8 Å². The second-order valence-electron chi connectivity index (χ2n) is 7.40. The van der Waals surface area contributed by atoms with Crippen LogP contribution >= 0.6 is 0 Å². The summed E-state index contributed by atoms with van der Waals surface area (Å²) in [5.74, 6) is -1.96. The molecule has 0 atom stereocenters. The van der Waals surface area contributed by atoms with Crippen LogP contribution in [0.25, 0.3) is 0 Å². The lowest BCUT2D eigenvalue weighted by atomic mass is 9.68. The Kier molecular flexibility index (Phi) is 4.88. The van der Waals surface area contributed by atoms with Gasteiger partial charge in [-0.15, -0.1) is 0 Å². The fraction of sp³-hybridized carbons (Fsp3) is 0.611. The van der Waals surface area contributed by atoms with Gasteiger partial charge in [0.2, 0.25) is 0 Å². The average Bonchev–Trinajstić information content (AvgIpc) is 2.45. The number of carboxylic acid groups (broad SMARTS) is 1. The van der Waals surface area contributed by atoms with Gasteiger partial charge < -0.3 is 14.6 Å². The highest BCUT2D eigenvalue weighted by Gasteiger charge is 2.46. The number of aromatic carboxylic acids is 1. The summed E-state index contributed by atoms with van der Waals surface area (Å²) < 4.78 is 45.9. The Labute approximate surface area is 139 Å². The number of carbonyl (C=O) groups excluding carboxylic acids is 1. The SMILES string of the molecule is CC(C)(C)C1(Oc2cc(C(=O)[O-])ccc2C(F)(F)F)CCCCC1. The average molecular weight is 343 g/mol. The van der Waals surface area contributed by atoms with Crippen molar-refractivity contribution in [2.45, 2.75) is 64.7 Å². The highest BCUT2D eigenvalue weighted by atomic mass is 19.4.